The van der Waals surface area contributed by atoms with E-state index in [0.29, 0.717) is 87.4 Å². The van der Waals surface area contributed by atoms with Crippen LogP contribution < -0.4 is 20.3 Å². The number of nitrogens with zero attached hydrogens (tertiary/aromatic N) is 4. The minimum absolute atomic E-state index is 0.0199. The Kier molecular flexibility index (Phi) is 15.9. The number of aliphatic carboxylic acids is 2. The SMILES string of the molecule is CCC1=C[C@@H]2C[C@](C(=O)OC)(c3cc4c(cc3OC)N(C)[C@H]3[C@@](O)(C(=O)OC)[C@H](OC(C)=O)[C@]5(CC)C=CCN6CC[C@]43[C@@H]65)c3[nH]c4ccccc4c3C[N+](CC(=O)N3CCC[C@H]3C(=O)N[C@H](C(=O)N[C@@H](CC(=O)O)C(=O)O)[C@@H](C)CC)(C1)C2. The van der Waals surface area contributed by atoms with Crippen molar-refractivity contribution in [1.29, 1.82) is 0 Å². The van der Waals surface area contributed by atoms with Gasteiger partial charge in [0.25, 0.3) is 5.91 Å². The molecule has 13 atom stereocenters. The molecule has 1 aliphatic carbocycles. The van der Waals surface area contributed by atoms with Crippen LogP contribution in [0, 0.1) is 17.3 Å². The van der Waals surface area contributed by atoms with Gasteiger partial charge in [-0.25, -0.2) is 9.59 Å². The van der Waals surface area contributed by atoms with Crippen LogP contribution in [0.3, 0.4) is 0 Å². The van der Waals surface area contributed by atoms with Gasteiger partial charge >= 0.3 is 29.8 Å². The Hall–Kier alpha value is -7.30. The van der Waals surface area contributed by atoms with Crippen molar-refractivity contribution in [3.05, 3.63) is 82.6 Å². The molecule has 6 N–H and O–H groups in total. The van der Waals surface area contributed by atoms with Crippen LogP contribution in [0.2, 0.25) is 0 Å². The number of carboxylic acid groups (broad SMARTS) is 2. The fraction of sp³-hybridized carbons (Fsp3) is 0.581. The Morgan fingerprint density at radius 2 is 1.67 bits per heavy atom. The van der Waals surface area contributed by atoms with Crippen molar-refractivity contribution in [2.45, 2.75) is 145 Å². The molecule has 1 spiro atoms. The van der Waals surface area contributed by atoms with Gasteiger partial charge in [0.15, 0.2) is 12.6 Å². The number of H-pyrrole nitrogens is 1. The Balaban J connectivity index is 1.09. The average Bonchev–Trinajstić information content (AvgIpc) is 1.50. The molecule has 7 aliphatic rings. The predicted octanol–water partition coefficient (Wildman–Crippen LogP) is 3.83. The summed E-state index contributed by atoms with van der Waals surface area (Å²) in [6.07, 6.45) is 6.92. The topological polar surface area (TPSA) is 284 Å². The smallest absolute Gasteiger partial charge is 0.344 e. The van der Waals surface area contributed by atoms with Crippen molar-refractivity contribution < 1.29 is 77.1 Å². The van der Waals surface area contributed by atoms with E-state index in [9.17, 15) is 44.1 Å². The number of benzene rings is 2. The first-order valence-corrected chi connectivity index (χ1v) is 29.4. The Morgan fingerprint density at radius 1 is 0.929 bits per heavy atom. The Bertz CT molecular complexity index is 3270. The number of hydrogen-bond acceptors (Lipinski definition) is 15. The van der Waals surface area contributed by atoms with Crippen LogP contribution in [0.5, 0.6) is 5.75 Å². The second-order valence-corrected chi connectivity index (χ2v) is 24.6. The van der Waals surface area contributed by atoms with Crippen LogP contribution in [0.1, 0.15) is 108 Å². The van der Waals surface area contributed by atoms with Gasteiger partial charge in [0.2, 0.25) is 17.4 Å². The number of aromatic amines is 1. The summed E-state index contributed by atoms with van der Waals surface area (Å²) in [4.78, 5) is 120. The molecule has 1 saturated carbocycles. The molecule has 3 fully saturated rings. The largest absolute Gasteiger partial charge is 0.496 e. The number of quaternary nitrogens is 1. The molecule has 452 valence electrons. The number of rotatable bonds is 18. The van der Waals surface area contributed by atoms with E-state index in [2.05, 4.69) is 33.5 Å². The summed E-state index contributed by atoms with van der Waals surface area (Å²) in [5.74, 6) is -7.30. The van der Waals surface area contributed by atoms with Crippen molar-refractivity contribution in [3.63, 3.8) is 0 Å². The first kappa shape index (κ1) is 59.8. The number of carbonyl (C=O) groups is 8. The van der Waals surface area contributed by atoms with E-state index in [4.69, 9.17) is 18.9 Å². The van der Waals surface area contributed by atoms with Crippen molar-refractivity contribution >= 4 is 64.2 Å². The van der Waals surface area contributed by atoms with Crippen LogP contribution in [0.25, 0.3) is 10.9 Å². The number of nitrogens with one attached hydrogen (secondary N) is 3. The number of anilines is 1. The predicted molar refractivity (Wildman–Crippen MR) is 305 cm³/mol. The maximum atomic E-state index is 15.8. The summed E-state index contributed by atoms with van der Waals surface area (Å²) in [6, 6.07) is 6.37. The number of likely N-dealkylation sites (N-methyl/N-ethyl adjacent to an activating group) is 1. The molecule has 1 aromatic heterocycles. The van der Waals surface area contributed by atoms with E-state index >= 15 is 9.59 Å². The minimum atomic E-state index is -2.40. The summed E-state index contributed by atoms with van der Waals surface area (Å²) in [5, 5.41) is 38.5. The van der Waals surface area contributed by atoms with Gasteiger partial charge in [0.1, 0.15) is 42.4 Å². The van der Waals surface area contributed by atoms with Crippen molar-refractivity contribution in [1.82, 2.24) is 25.4 Å². The average molecular weight is 1160 g/mol. The van der Waals surface area contributed by atoms with E-state index in [1.165, 1.54) is 21.1 Å². The highest BCUT2D eigenvalue weighted by Gasteiger charge is 2.80. The summed E-state index contributed by atoms with van der Waals surface area (Å²) >= 11 is 0. The number of aromatic nitrogens is 1. The van der Waals surface area contributed by atoms with Crippen LogP contribution in [0.15, 0.2) is 60.2 Å². The Morgan fingerprint density at radius 3 is 2.32 bits per heavy atom. The molecule has 1 unspecified atom stereocenters. The lowest BCUT2D eigenvalue weighted by Gasteiger charge is -2.63. The first-order chi connectivity index (χ1) is 40.0. The van der Waals surface area contributed by atoms with Gasteiger partial charge in [-0.05, 0) is 74.3 Å². The number of likely N-dealkylation sites (tertiary alicyclic amines) is 1. The van der Waals surface area contributed by atoms with Crippen molar-refractivity contribution in [3.8, 4) is 5.75 Å². The first-order valence-electron chi connectivity index (χ1n) is 29.4. The summed E-state index contributed by atoms with van der Waals surface area (Å²) in [6.45, 7) is 11.4. The normalized spacial score (nSPS) is 31.1. The lowest BCUT2D eigenvalue weighted by Crippen LogP contribution is -2.81. The summed E-state index contributed by atoms with van der Waals surface area (Å²) < 4.78 is 24.5. The molecular weight excluding hydrogens is 1080 g/mol. The molecule has 22 heteroatoms. The zero-order valence-electron chi connectivity index (χ0n) is 49.5. The number of carboxylic acids is 2. The molecule has 2 aromatic carbocycles. The van der Waals surface area contributed by atoms with Crippen molar-refractivity contribution in [2.75, 3.05) is 72.5 Å². The molecule has 2 bridgehead atoms. The third-order valence-corrected chi connectivity index (χ3v) is 20.2. The van der Waals surface area contributed by atoms with Gasteiger partial charge in [-0.1, -0.05) is 70.5 Å². The molecule has 22 nitrogen and oxygen atoms in total. The fourth-order valence-corrected chi connectivity index (χ4v) is 16.7. The van der Waals surface area contributed by atoms with E-state index in [1.807, 2.05) is 74.3 Å². The molecule has 10 rings (SSSR count). The molecule has 2 saturated heterocycles. The summed E-state index contributed by atoms with van der Waals surface area (Å²) in [5.41, 5.74) is -1.03. The van der Waals surface area contributed by atoms with Gasteiger partial charge in [0.05, 0.1) is 40.3 Å². The lowest BCUT2D eigenvalue weighted by atomic mass is 9.47. The third-order valence-electron chi connectivity index (χ3n) is 20.2. The van der Waals surface area contributed by atoms with Crippen LogP contribution >= 0.6 is 0 Å². The van der Waals surface area contributed by atoms with Gasteiger partial charge in [-0.2, -0.15) is 0 Å². The minimum Gasteiger partial charge on any atom is -0.496 e. The zero-order chi connectivity index (χ0) is 60.6. The molecule has 3 amide bonds. The van der Waals surface area contributed by atoms with Crippen molar-refractivity contribution in [2.24, 2.45) is 17.3 Å². The fourth-order valence-electron chi connectivity index (χ4n) is 16.7. The summed E-state index contributed by atoms with van der Waals surface area (Å²) in [7, 11) is 5.96. The number of aliphatic hydroxyl groups is 1. The number of esters is 3. The zero-order valence-corrected chi connectivity index (χ0v) is 49.5. The van der Waals surface area contributed by atoms with Gasteiger partial charge < -0.3 is 64.2 Å². The highest BCUT2D eigenvalue weighted by atomic mass is 16.6. The van der Waals surface area contributed by atoms with E-state index in [-0.39, 0.29) is 42.4 Å². The van der Waals surface area contributed by atoms with Gasteiger partial charge in [-0.15, -0.1) is 0 Å². The second kappa shape index (κ2) is 22.3. The lowest BCUT2D eigenvalue weighted by molar-refractivity contribution is -0.934. The van der Waals surface area contributed by atoms with E-state index in [1.54, 1.807) is 18.9 Å². The maximum absolute atomic E-state index is 15.8. The molecule has 84 heavy (non-hydrogen) atoms. The monoisotopic (exact) mass is 1160 g/mol. The maximum Gasteiger partial charge on any atom is 0.344 e. The third kappa shape index (κ3) is 9.14. The highest BCUT2D eigenvalue weighted by Crippen LogP contribution is 2.68. The van der Waals surface area contributed by atoms with Gasteiger partial charge in [-0.3, -0.25) is 33.7 Å². The standard InChI is InChI=1S/C62H79N7O15/c1-10-34(4)49(52(75)64-43(53(76)77)27-48(72)73)65-51(74)44-19-15-23-68(44)47(71)33-69-30-36(11-2)25-37(31-69)29-61(57(78)82-8,50-39(32-69)38-17-13-14-18-42(38)63-50)41-26-40-45(28-46(41)81-7)66(6)55-60(40)21-24-67-22-16-20-59(12-3,54(60)67)56(84-35(5)70)62(55,80)58(79)83-9/h13-14,16-18,20,25-26,28,34,37,43-44,49,54-56,63,80H,10-12,15,19,21-24,27,29-33H2,1-9H3,(H3-,64,65,72,73,74,75,76,77)/p+1/t34-,37+,43-,44-,49-,54-,55+,56+,59+,60+,61-,62-,69?/m0/s1. The number of amides is 3. The van der Waals surface area contributed by atoms with E-state index in [0.717, 1.165) is 27.6 Å². The molecular formula is C62H80N7O15+. The number of carbonyl (C=O) groups excluding carboxylic acids is 6. The number of ether oxygens (including phenoxy) is 4. The molecule has 6 aliphatic heterocycles. The number of para-hydroxylation sites is 1. The van der Waals surface area contributed by atoms with Crippen LogP contribution in [-0.2, 0) is 69.9 Å². The van der Waals surface area contributed by atoms with Crippen LogP contribution in [0.4, 0.5) is 5.69 Å². The molecule has 0 radical (unpaired) electrons. The molecule has 3 aromatic rings. The quantitative estimate of drug-likeness (QED) is 0.0457. The van der Waals surface area contributed by atoms with Crippen LogP contribution in [-0.4, -0.2) is 192 Å². The second-order valence-electron chi connectivity index (χ2n) is 24.6. The number of fused-ring (bicyclic) bond motifs is 6. The highest BCUT2D eigenvalue weighted by molar-refractivity contribution is 5.96. The van der Waals surface area contributed by atoms with Gasteiger partial charge in [0, 0.05) is 89.3 Å². The van der Waals surface area contributed by atoms with E-state index < -0.39 is 112 Å². The Labute approximate surface area is 488 Å². The number of hydrogen-bond donors (Lipinski definition) is 6. The molecule has 7 heterocycles. The number of methoxy groups -OCH3 is 3.